The zero-order valence-electron chi connectivity index (χ0n) is 9.05. The number of para-hydroxylation sites is 1. The standard InChI is InChI=1S/C10H13Cl2NO3S/c11-6-8-13(9-7-12)17(14,15)16-10-4-2-1-3-5-10/h1-5H,6-9H2. The van der Waals surface area contributed by atoms with Crippen LogP contribution < -0.4 is 4.18 Å². The number of alkyl halides is 2. The van der Waals surface area contributed by atoms with Crippen LogP contribution in [0.3, 0.4) is 0 Å². The summed E-state index contributed by atoms with van der Waals surface area (Å²) in [4.78, 5) is 0. The van der Waals surface area contributed by atoms with E-state index in [0.717, 1.165) is 4.31 Å². The molecule has 0 N–H and O–H groups in total. The summed E-state index contributed by atoms with van der Waals surface area (Å²) in [7, 11) is -3.84. The van der Waals surface area contributed by atoms with Gasteiger partial charge in [0, 0.05) is 24.8 Å². The Morgan fingerprint density at radius 1 is 1.06 bits per heavy atom. The summed E-state index contributed by atoms with van der Waals surface area (Å²) in [5, 5.41) is 0. The third-order valence-electron chi connectivity index (χ3n) is 1.93. The summed E-state index contributed by atoms with van der Waals surface area (Å²) in [6.45, 7) is 0.340. The van der Waals surface area contributed by atoms with Crippen LogP contribution in [-0.2, 0) is 10.3 Å². The number of halogens is 2. The van der Waals surface area contributed by atoms with Gasteiger partial charge in [0.15, 0.2) is 0 Å². The van der Waals surface area contributed by atoms with E-state index in [9.17, 15) is 8.42 Å². The Bertz CT molecular complexity index is 418. The van der Waals surface area contributed by atoms with Crippen molar-refractivity contribution in [2.24, 2.45) is 0 Å². The fourth-order valence-electron chi connectivity index (χ4n) is 1.17. The molecule has 0 aliphatic rings. The molecular weight excluding hydrogens is 285 g/mol. The second-order valence-corrected chi connectivity index (χ2v) is 5.43. The van der Waals surface area contributed by atoms with E-state index in [-0.39, 0.29) is 30.6 Å². The van der Waals surface area contributed by atoms with E-state index in [1.807, 2.05) is 0 Å². The predicted molar refractivity (Wildman–Crippen MR) is 69.0 cm³/mol. The second-order valence-electron chi connectivity index (χ2n) is 3.13. The van der Waals surface area contributed by atoms with Crippen LogP contribution in [0.1, 0.15) is 0 Å². The van der Waals surface area contributed by atoms with Crippen LogP contribution >= 0.6 is 23.2 Å². The van der Waals surface area contributed by atoms with Crippen molar-refractivity contribution >= 4 is 33.5 Å². The number of hydrogen-bond acceptors (Lipinski definition) is 3. The van der Waals surface area contributed by atoms with Crippen LogP contribution in [0.15, 0.2) is 30.3 Å². The van der Waals surface area contributed by atoms with Crippen molar-refractivity contribution < 1.29 is 12.6 Å². The highest BCUT2D eigenvalue weighted by Crippen LogP contribution is 2.14. The van der Waals surface area contributed by atoms with Crippen molar-refractivity contribution in [3.63, 3.8) is 0 Å². The molecule has 4 nitrogen and oxygen atoms in total. The normalized spacial score (nSPS) is 11.7. The molecule has 96 valence electrons. The molecule has 0 aliphatic heterocycles. The van der Waals surface area contributed by atoms with Gasteiger partial charge in [-0.05, 0) is 12.1 Å². The molecule has 0 fully saturated rings. The van der Waals surface area contributed by atoms with Gasteiger partial charge in [-0.25, -0.2) is 0 Å². The zero-order chi connectivity index (χ0) is 12.7. The van der Waals surface area contributed by atoms with Crippen LogP contribution in [0.4, 0.5) is 0 Å². The number of benzene rings is 1. The Hall–Kier alpha value is -0.490. The van der Waals surface area contributed by atoms with Gasteiger partial charge in [0.25, 0.3) is 0 Å². The summed E-state index contributed by atoms with van der Waals surface area (Å²) in [6.07, 6.45) is 0. The van der Waals surface area contributed by atoms with Gasteiger partial charge in [0.1, 0.15) is 5.75 Å². The SMILES string of the molecule is O=S(=O)(Oc1ccccc1)N(CCCl)CCCl. The molecule has 0 atom stereocenters. The molecule has 0 aliphatic carbocycles. The van der Waals surface area contributed by atoms with Gasteiger partial charge in [-0.3, -0.25) is 0 Å². The highest BCUT2D eigenvalue weighted by Gasteiger charge is 2.22. The van der Waals surface area contributed by atoms with Crippen LogP contribution in [0, 0.1) is 0 Å². The fourth-order valence-corrected chi connectivity index (χ4v) is 2.87. The van der Waals surface area contributed by atoms with Gasteiger partial charge >= 0.3 is 10.3 Å². The van der Waals surface area contributed by atoms with E-state index < -0.39 is 10.3 Å². The van der Waals surface area contributed by atoms with Crippen LogP contribution in [-0.4, -0.2) is 37.6 Å². The Morgan fingerprint density at radius 2 is 1.59 bits per heavy atom. The van der Waals surface area contributed by atoms with E-state index in [1.165, 1.54) is 0 Å². The maximum atomic E-state index is 11.9. The largest absolute Gasteiger partial charge is 0.385 e. The quantitative estimate of drug-likeness (QED) is 0.724. The van der Waals surface area contributed by atoms with Gasteiger partial charge < -0.3 is 4.18 Å². The highest BCUT2D eigenvalue weighted by molar-refractivity contribution is 7.84. The van der Waals surface area contributed by atoms with Gasteiger partial charge in [-0.2, -0.15) is 12.7 Å². The molecule has 0 heterocycles. The van der Waals surface area contributed by atoms with E-state index in [4.69, 9.17) is 27.4 Å². The minimum absolute atomic E-state index is 0.170. The van der Waals surface area contributed by atoms with Gasteiger partial charge in [-0.15, -0.1) is 23.2 Å². The summed E-state index contributed by atoms with van der Waals surface area (Å²) in [5.41, 5.74) is 0. The Morgan fingerprint density at radius 3 is 2.06 bits per heavy atom. The molecule has 1 aromatic carbocycles. The number of nitrogens with zero attached hydrogens (tertiary/aromatic N) is 1. The molecule has 7 heteroatoms. The lowest BCUT2D eigenvalue weighted by molar-refractivity contribution is 0.378. The summed E-state index contributed by atoms with van der Waals surface area (Å²) < 4.78 is 29.8. The lowest BCUT2D eigenvalue weighted by Gasteiger charge is -2.19. The predicted octanol–water partition coefficient (Wildman–Crippen LogP) is 2.09. The smallest absolute Gasteiger partial charge is 0.371 e. The molecule has 0 saturated heterocycles. The molecule has 0 saturated carbocycles. The van der Waals surface area contributed by atoms with Crippen molar-refractivity contribution in [3.8, 4) is 5.75 Å². The highest BCUT2D eigenvalue weighted by atomic mass is 35.5. The molecule has 1 aromatic rings. The van der Waals surface area contributed by atoms with E-state index in [2.05, 4.69) is 0 Å². The molecule has 0 aromatic heterocycles. The molecule has 0 spiro atoms. The molecule has 0 amide bonds. The first-order valence-electron chi connectivity index (χ1n) is 4.96. The van der Waals surface area contributed by atoms with E-state index in [1.54, 1.807) is 30.3 Å². The van der Waals surface area contributed by atoms with Crippen molar-refractivity contribution in [1.82, 2.24) is 4.31 Å². The van der Waals surface area contributed by atoms with E-state index in [0.29, 0.717) is 0 Å². The minimum Gasteiger partial charge on any atom is -0.371 e. The van der Waals surface area contributed by atoms with Gasteiger partial charge in [-0.1, -0.05) is 18.2 Å². The fraction of sp³-hybridized carbons (Fsp3) is 0.400. The van der Waals surface area contributed by atoms with Crippen molar-refractivity contribution in [1.29, 1.82) is 0 Å². The molecule has 17 heavy (non-hydrogen) atoms. The Balaban J connectivity index is 2.78. The maximum Gasteiger partial charge on any atom is 0.385 e. The maximum absolute atomic E-state index is 11.9. The first-order chi connectivity index (χ1) is 8.10. The monoisotopic (exact) mass is 297 g/mol. The molecule has 1 rings (SSSR count). The molecule has 0 unspecified atom stereocenters. The lowest BCUT2D eigenvalue weighted by Crippen LogP contribution is -2.37. The average molecular weight is 298 g/mol. The third kappa shape index (κ3) is 4.71. The summed E-state index contributed by atoms with van der Waals surface area (Å²) in [6, 6.07) is 8.29. The Kier molecular flexibility index (Phi) is 6.05. The summed E-state index contributed by atoms with van der Waals surface area (Å²) in [5.74, 6) is 0.643. The van der Waals surface area contributed by atoms with Gasteiger partial charge in [0.05, 0.1) is 0 Å². The van der Waals surface area contributed by atoms with Gasteiger partial charge in [0.2, 0.25) is 0 Å². The minimum atomic E-state index is -3.84. The topological polar surface area (TPSA) is 46.6 Å². The molecule has 0 radical (unpaired) electrons. The van der Waals surface area contributed by atoms with Crippen LogP contribution in [0.25, 0.3) is 0 Å². The van der Waals surface area contributed by atoms with Crippen LogP contribution in [0.5, 0.6) is 5.75 Å². The van der Waals surface area contributed by atoms with Crippen molar-refractivity contribution in [2.75, 3.05) is 24.8 Å². The lowest BCUT2D eigenvalue weighted by atomic mass is 10.3. The van der Waals surface area contributed by atoms with Crippen LogP contribution in [0.2, 0.25) is 0 Å². The summed E-state index contributed by atoms with van der Waals surface area (Å²) >= 11 is 11.1. The Labute approximate surface area is 111 Å². The number of rotatable bonds is 7. The zero-order valence-corrected chi connectivity index (χ0v) is 11.4. The molecular formula is C10H13Cl2NO3S. The van der Waals surface area contributed by atoms with E-state index >= 15 is 0 Å². The number of hydrogen-bond donors (Lipinski definition) is 0. The average Bonchev–Trinajstić information content (AvgIpc) is 2.29. The first kappa shape index (κ1) is 14.6. The first-order valence-corrected chi connectivity index (χ1v) is 7.40. The van der Waals surface area contributed by atoms with Crippen molar-refractivity contribution in [3.05, 3.63) is 30.3 Å². The molecule has 0 bridgehead atoms. The third-order valence-corrected chi connectivity index (χ3v) is 3.67. The van der Waals surface area contributed by atoms with Crippen molar-refractivity contribution in [2.45, 2.75) is 0 Å². The second kappa shape index (κ2) is 7.06.